The molecule has 2 heterocycles. The lowest BCUT2D eigenvalue weighted by atomic mass is 9.83. The van der Waals surface area contributed by atoms with E-state index < -0.39 is 5.97 Å². The lowest BCUT2D eigenvalue weighted by Crippen LogP contribution is -2.11. The van der Waals surface area contributed by atoms with Gasteiger partial charge in [-0.3, -0.25) is 0 Å². The number of aromatic carboxylic acids is 1. The molecule has 1 fully saturated rings. The maximum absolute atomic E-state index is 11.0. The van der Waals surface area contributed by atoms with Crippen LogP contribution >= 0.6 is 0 Å². The molecule has 0 saturated heterocycles. The molecule has 0 bridgehead atoms. The number of aromatic nitrogens is 3. The minimum absolute atomic E-state index is 0.163. The summed E-state index contributed by atoms with van der Waals surface area (Å²) >= 11 is 0. The van der Waals surface area contributed by atoms with Gasteiger partial charge >= 0.3 is 5.97 Å². The average molecular weight is 217 g/mol. The zero-order valence-electron chi connectivity index (χ0n) is 8.63. The SMILES string of the molecule is O=C(O)c1ccnc2cc(C3CCC3)nn12. The van der Waals surface area contributed by atoms with Crippen LogP contribution in [0.25, 0.3) is 5.65 Å². The van der Waals surface area contributed by atoms with Crippen LogP contribution < -0.4 is 0 Å². The van der Waals surface area contributed by atoms with Crippen LogP contribution in [0.2, 0.25) is 0 Å². The van der Waals surface area contributed by atoms with Gasteiger partial charge in [0.05, 0.1) is 5.69 Å². The third kappa shape index (κ3) is 1.28. The average Bonchev–Trinajstić information content (AvgIpc) is 2.56. The molecule has 5 heteroatoms. The second-order valence-corrected chi connectivity index (χ2v) is 4.10. The van der Waals surface area contributed by atoms with Gasteiger partial charge in [-0.1, -0.05) is 6.42 Å². The van der Waals surface area contributed by atoms with Gasteiger partial charge in [-0.2, -0.15) is 5.10 Å². The number of rotatable bonds is 2. The number of fused-ring (bicyclic) bond motifs is 1. The molecule has 2 aromatic heterocycles. The Hall–Kier alpha value is -1.91. The highest BCUT2D eigenvalue weighted by Crippen LogP contribution is 2.35. The van der Waals surface area contributed by atoms with Crippen molar-refractivity contribution in [2.75, 3.05) is 0 Å². The first kappa shape index (κ1) is 9.33. The van der Waals surface area contributed by atoms with E-state index in [0.29, 0.717) is 11.6 Å². The lowest BCUT2D eigenvalue weighted by Gasteiger charge is -2.22. The Kier molecular flexibility index (Phi) is 1.92. The molecule has 1 aliphatic rings. The van der Waals surface area contributed by atoms with E-state index >= 15 is 0 Å². The van der Waals surface area contributed by atoms with Crippen molar-refractivity contribution in [3.05, 3.63) is 29.7 Å². The van der Waals surface area contributed by atoms with Crippen molar-refractivity contribution in [3.8, 4) is 0 Å². The van der Waals surface area contributed by atoms with E-state index in [-0.39, 0.29) is 5.69 Å². The number of hydrogen-bond donors (Lipinski definition) is 1. The summed E-state index contributed by atoms with van der Waals surface area (Å²) in [6, 6.07) is 3.35. The summed E-state index contributed by atoms with van der Waals surface area (Å²) in [7, 11) is 0. The Bertz CT molecular complexity index is 557. The highest BCUT2D eigenvalue weighted by atomic mass is 16.4. The molecule has 82 valence electrons. The van der Waals surface area contributed by atoms with Crippen molar-refractivity contribution >= 4 is 11.6 Å². The van der Waals surface area contributed by atoms with E-state index in [1.807, 2.05) is 6.07 Å². The lowest BCUT2D eigenvalue weighted by molar-refractivity contribution is 0.0687. The van der Waals surface area contributed by atoms with Gasteiger partial charge in [0.2, 0.25) is 0 Å². The summed E-state index contributed by atoms with van der Waals surface area (Å²) in [5.74, 6) is -0.487. The first-order valence-electron chi connectivity index (χ1n) is 5.33. The topological polar surface area (TPSA) is 67.5 Å². The highest BCUT2D eigenvalue weighted by molar-refractivity contribution is 5.86. The van der Waals surface area contributed by atoms with Crippen molar-refractivity contribution in [2.45, 2.75) is 25.2 Å². The van der Waals surface area contributed by atoms with Gasteiger partial charge in [-0.25, -0.2) is 14.3 Å². The summed E-state index contributed by atoms with van der Waals surface area (Å²) < 4.78 is 1.41. The van der Waals surface area contributed by atoms with E-state index in [9.17, 15) is 4.79 Å². The zero-order valence-corrected chi connectivity index (χ0v) is 8.63. The maximum atomic E-state index is 11.0. The van der Waals surface area contributed by atoms with Crippen molar-refractivity contribution in [2.24, 2.45) is 0 Å². The third-order valence-corrected chi connectivity index (χ3v) is 3.12. The molecule has 1 aliphatic carbocycles. The van der Waals surface area contributed by atoms with Crippen LogP contribution in [0.4, 0.5) is 0 Å². The molecule has 2 aromatic rings. The Morgan fingerprint density at radius 2 is 2.31 bits per heavy atom. The monoisotopic (exact) mass is 217 g/mol. The van der Waals surface area contributed by atoms with E-state index in [0.717, 1.165) is 18.5 Å². The molecule has 0 atom stereocenters. The molecular formula is C11H11N3O2. The zero-order chi connectivity index (χ0) is 11.1. The van der Waals surface area contributed by atoms with Crippen molar-refractivity contribution < 1.29 is 9.90 Å². The van der Waals surface area contributed by atoms with Crippen LogP contribution in [0.3, 0.4) is 0 Å². The number of nitrogens with zero attached hydrogens (tertiary/aromatic N) is 3. The summed E-state index contributed by atoms with van der Waals surface area (Å²) in [4.78, 5) is 15.1. The predicted octanol–water partition coefficient (Wildman–Crippen LogP) is 1.69. The van der Waals surface area contributed by atoms with Gasteiger partial charge < -0.3 is 5.11 Å². The third-order valence-electron chi connectivity index (χ3n) is 3.12. The van der Waals surface area contributed by atoms with E-state index in [4.69, 9.17) is 5.11 Å². The molecule has 0 aromatic carbocycles. The molecule has 0 aliphatic heterocycles. The Morgan fingerprint density at radius 1 is 1.50 bits per heavy atom. The van der Waals surface area contributed by atoms with Gasteiger partial charge in [0, 0.05) is 18.2 Å². The molecule has 0 unspecified atom stereocenters. The predicted molar refractivity (Wildman–Crippen MR) is 56.5 cm³/mol. The molecule has 16 heavy (non-hydrogen) atoms. The van der Waals surface area contributed by atoms with Crippen molar-refractivity contribution in [3.63, 3.8) is 0 Å². The minimum Gasteiger partial charge on any atom is -0.477 e. The number of hydrogen-bond acceptors (Lipinski definition) is 3. The smallest absolute Gasteiger partial charge is 0.354 e. The quantitative estimate of drug-likeness (QED) is 0.831. The van der Waals surface area contributed by atoms with Crippen LogP contribution in [0, 0.1) is 0 Å². The van der Waals surface area contributed by atoms with E-state index in [2.05, 4.69) is 10.1 Å². The molecule has 1 saturated carbocycles. The van der Waals surface area contributed by atoms with E-state index in [1.54, 1.807) is 0 Å². The molecular weight excluding hydrogens is 206 g/mol. The fourth-order valence-corrected chi connectivity index (χ4v) is 1.98. The molecule has 0 amide bonds. The summed E-state index contributed by atoms with van der Waals surface area (Å²) in [5.41, 5.74) is 1.74. The second-order valence-electron chi connectivity index (χ2n) is 4.10. The van der Waals surface area contributed by atoms with Gasteiger partial charge in [-0.05, 0) is 18.9 Å². The second kappa shape index (κ2) is 3.30. The Morgan fingerprint density at radius 3 is 2.94 bits per heavy atom. The van der Waals surface area contributed by atoms with E-state index in [1.165, 1.54) is 23.2 Å². The van der Waals surface area contributed by atoms with Crippen LogP contribution in [0.1, 0.15) is 41.4 Å². The fourth-order valence-electron chi connectivity index (χ4n) is 1.98. The standard InChI is InChI=1S/C11H11N3O2/c15-11(16)9-4-5-12-10-6-8(13-14(9)10)7-2-1-3-7/h4-7H,1-3H2,(H,15,16). The Balaban J connectivity index is 2.15. The molecule has 3 rings (SSSR count). The van der Waals surface area contributed by atoms with Gasteiger partial charge in [0.25, 0.3) is 0 Å². The number of carbonyl (C=O) groups is 1. The largest absolute Gasteiger partial charge is 0.477 e. The van der Waals surface area contributed by atoms with Crippen LogP contribution in [-0.2, 0) is 0 Å². The molecule has 0 spiro atoms. The summed E-state index contributed by atoms with van der Waals surface area (Å²) in [6.45, 7) is 0. The van der Waals surface area contributed by atoms with Crippen LogP contribution in [0.15, 0.2) is 18.3 Å². The number of carboxylic acid groups (broad SMARTS) is 1. The molecule has 5 nitrogen and oxygen atoms in total. The highest BCUT2D eigenvalue weighted by Gasteiger charge is 2.23. The van der Waals surface area contributed by atoms with Gasteiger partial charge in [0.15, 0.2) is 11.3 Å². The number of carboxylic acids is 1. The minimum atomic E-state index is -0.976. The summed E-state index contributed by atoms with van der Waals surface area (Å²) in [5, 5.41) is 13.3. The van der Waals surface area contributed by atoms with Crippen LogP contribution in [0.5, 0.6) is 0 Å². The van der Waals surface area contributed by atoms with Gasteiger partial charge in [0.1, 0.15) is 0 Å². The molecule has 0 radical (unpaired) electrons. The molecule has 1 N–H and O–H groups in total. The van der Waals surface area contributed by atoms with Gasteiger partial charge in [-0.15, -0.1) is 0 Å². The van der Waals surface area contributed by atoms with Crippen molar-refractivity contribution in [1.82, 2.24) is 14.6 Å². The normalized spacial score (nSPS) is 16.2. The van der Waals surface area contributed by atoms with Crippen molar-refractivity contribution in [1.29, 1.82) is 0 Å². The first-order valence-corrected chi connectivity index (χ1v) is 5.33. The maximum Gasteiger partial charge on any atom is 0.354 e. The fraction of sp³-hybridized carbons (Fsp3) is 0.364. The summed E-state index contributed by atoms with van der Waals surface area (Å²) in [6.07, 6.45) is 5.03. The van der Waals surface area contributed by atoms with Crippen LogP contribution in [-0.4, -0.2) is 25.7 Å². The Labute approximate surface area is 91.7 Å². The first-order chi connectivity index (χ1) is 7.75.